The van der Waals surface area contributed by atoms with Crippen molar-refractivity contribution in [1.29, 1.82) is 0 Å². The molecule has 1 amide bonds. The SMILES string of the molecule is CC(C)Cc1ccc(C(=O)CCC(=O)NC2CCC(CO)CC2)cc1. The zero-order chi connectivity index (χ0) is 18.2. The van der Waals surface area contributed by atoms with Gasteiger partial charge in [-0.1, -0.05) is 38.1 Å². The van der Waals surface area contributed by atoms with Crippen LogP contribution in [0.1, 0.15) is 68.3 Å². The summed E-state index contributed by atoms with van der Waals surface area (Å²) in [5.41, 5.74) is 1.92. The molecule has 1 aliphatic rings. The summed E-state index contributed by atoms with van der Waals surface area (Å²) in [4.78, 5) is 24.3. The molecule has 0 spiro atoms. The van der Waals surface area contributed by atoms with Crippen LogP contribution < -0.4 is 5.32 Å². The molecule has 2 rings (SSSR count). The fraction of sp³-hybridized carbons (Fsp3) is 0.619. The predicted molar refractivity (Wildman–Crippen MR) is 99.5 cm³/mol. The first-order chi connectivity index (χ1) is 12.0. The number of amides is 1. The fourth-order valence-electron chi connectivity index (χ4n) is 3.46. The van der Waals surface area contributed by atoms with Gasteiger partial charge in [0.2, 0.25) is 5.91 Å². The van der Waals surface area contributed by atoms with E-state index in [1.807, 2.05) is 24.3 Å². The van der Waals surface area contributed by atoms with Gasteiger partial charge in [0.15, 0.2) is 5.78 Å². The Hall–Kier alpha value is -1.68. The standard InChI is InChI=1S/C21H31NO3/c1-15(2)13-16-3-7-18(8-4-16)20(24)11-12-21(25)22-19-9-5-17(14-23)6-10-19/h3-4,7-8,15,17,19,23H,5-6,9-14H2,1-2H3,(H,22,25). The summed E-state index contributed by atoms with van der Waals surface area (Å²) in [5, 5.41) is 12.2. The monoisotopic (exact) mass is 345 g/mol. The van der Waals surface area contributed by atoms with Gasteiger partial charge in [0.05, 0.1) is 0 Å². The minimum absolute atomic E-state index is 0.0234. The van der Waals surface area contributed by atoms with Crippen molar-refractivity contribution in [3.05, 3.63) is 35.4 Å². The quantitative estimate of drug-likeness (QED) is 0.709. The third-order valence-electron chi connectivity index (χ3n) is 4.97. The molecule has 0 aromatic heterocycles. The van der Waals surface area contributed by atoms with Gasteiger partial charge in [0, 0.05) is 31.1 Å². The Morgan fingerprint density at radius 2 is 1.72 bits per heavy atom. The molecule has 1 aromatic carbocycles. The molecular weight excluding hydrogens is 314 g/mol. The zero-order valence-electron chi connectivity index (χ0n) is 15.5. The molecule has 138 valence electrons. The molecule has 1 aromatic rings. The topological polar surface area (TPSA) is 66.4 Å². The van der Waals surface area contributed by atoms with Gasteiger partial charge in [-0.15, -0.1) is 0 Å². The van der Waals surface area contributed by atoms with Crippen LogP contribution in [-0.2, 0) is 11.2 Å². The van der Waals surface area contributed by atoms with E-state index in [-0.39, 0.29) is 37.2 Å². The molecule has 0 unspecified atom stereocenters. The first-order valence-electron chi connectivity index (χ1n) is 9.50. The van der Waals surface area contributed by atoms with E-state index in [0.29, 0.717) is 17.4 Å². The van der Waals surface area contributed by atoms with Crippen LogP contribution in [0.5, 0.6) is 0 Å². The van der Waals surface area contributed by atoms with Crippen LogP contribution in [0.3, 0.4) is 0 Å². The number of Topliss-reactive ketones (excluding diaryl/α,β-unsaturated/α-hetero) is 1. The lowest BCUT2D eigenvalue weighted by Gasteiger charge is -2.27. The Bertz CT molecular complexity index is 557. The van der Waals surface area contributed by atoms with Gasteiger partial charge in [-0.25, -0.2) is 0 Å². The average Bonchev–Trinajstić information content (AvgIpc) is 2.60. The van der Waals surface area contributed by atoms with E-state index in [1.165, 1.54) is 5.56 Å². The molecule has 0 bridgehead atoms. The van der Waals surface area contributed by atoms with Gasteiger partial charge in [0.25, 0.3) is 0 Å². The summed E-state index contributed by atoms with van der Waals surface area (Å²) in [6, 6.07) is 7.95. The first-order valence-corrected chi connectivity index (χ1v) is 9.50. The maximum atomic E-state index is 12.2. The lowest BCUT2D eigenvalue weighted by Crippen LogP contribution is -2.38. The first kappa shape index (κ1) is 19.6. The van der Waals surface area contributed by atoms with Crippen LogP contribution >= 0.6 is 0 Å². The molecule has 0 heterocycles. The Kier molecular flexibility index (Phi) is 7.63. The number of carbonyl (C=O) groups excluding carboxylic acids is 2. The van der Waals surface area contributed by atoms with Gasteiger partial charge in [0.1, 0.15) is 0 Å². The second-order valence-corrected chi connectivity index (χ2v) is 7.69. The molecule has 1 aliphatic carbocycles. The van der Waals surface area contributed by atoms with E-state index in [9.17, 15) is 9.59 Å². The van der Waals surface area contributed by atoms with Crippen molar-refractivity contribution in [3.63, 3.8) is 0 Å². The summed E-state index contributed by atoms with van der Waals surface area (Å²) in [6.45, 7) is 4.59. The number of hydrogen-bond acceptors (Lipinski definition) is 3. The zero-order valence-corrected chi connectivity index (χ0v) is 15.5. The number of aliphatic hydroxyl groups excluding tert-OH is 1. The fourth-order valence-corrected chi connectivity index (χ4v) is 3.46. The van der Waals surface area contributed by atoms with Gasteiger partial charge in [-0.2, -0.15) is 0 Å². The van der Waals surface area contributed by atoms with Crippen molar-refractivity contribution in [2.75, 3.05) is 6.61 Å². The van der Waals surface area contributed by atoms with Crippen molar-refractivity contribution in [2.45, 2.75) is 64.8 Å². The molecule has 25 heavy (non-hydrogen) atoms. The molecule has 2 N–H and O–H groups in total. The van der Waals surface area contributed by atoms with E-state index in [2.05, 4.69) is 19.2 Å². The van der Waals surface area contributed by atoms with Crippen molar-refractivity contribution in [2.24, 2.45) is 11.8 Å². The Morgan fingerprint density at radius 1 is 1.08 bits per heavy atom. The Morgan fingerprint density at radius 3 is 2.28 bits per heavy atom. The highest BCUT2D eigenvalue weighted by Crippen LogP contribution is 2.23. The number of carbonyl (C=O) groups is 2. The van der Waals surface area contributed by atoms with Crippen LogP contribution in [0.15, 0.2) is 24.3 Å². The molecule has 1 saturated carbocycles. The normalized spacial score (nSPS) is 20.5. The maximum Gasteiger partial charge on any atom is 0.220 e. The van der Waals surface area contributed by atoms with Crippen molar-refractivity contribution in [3.8, 4) is 0 Å². The molecule has 0 radical (unpaired) electrons. The van der Waals surface area contributed by atoms with E-state index in [4.69, 9.17) is 5.11 Å². The molecule has 4 nitrogen and oxygen atoms in total. The largest absolute Gasteiger partial charge is 0.396 e. The highest BCUT2D eigenvalue weighted by molar-refractivity contribution is 5.98. The lowest BCUT2D eigenvalue weighted by atomic mass is 9.86. The summed E-state index contributed by atoms with van der Waals surface area (Å²) < 4.78 is 0. The van der Waals surface area contributed by atoms with Crippen LogP contribution in [0, 0.1) is 11.8 Å². The van der Waals surface area contributed by atoms with Gasteiger partial charge >= 0.3 is 0 Å². The second-order valence-electron chi connectivity index (χ2n) is 7.69. The maximum absolute atomic E-state index is 12.2. The number of aliphatic hydroxyl groups is 1. The van der Waals surface area contributed by atoms with Crippen molar-refractivity contribution in [1.82, 2.24) is 5.32 Å². The predicted octanol–water partition coefficient (Wildman–Crippen LogP) is 3.52. The molecule has 4 heteroatoms. The Labute approximate surface area is 151 Å². The number of hydrogen-bond donors (Lipinski definition) is 2. The highest BCUT2D eigenvalue weighted by Gasteiger charge is 2.22. The summed E-state index contributed by atoms with van der Waals surface area (Å²) in [6.07, 6.45) is 5.26. The molecule has 0 saturated heterocycles. The third kappa shape index (κ3) is 6.62. The van der Waals surface area contributed by atoms with Gasteiger partial charge in [-0.3, -0.25) is 9.59 Å². The molecular formula is C21H31NO3. The minimum atomic E-state index is -0.0442. The van der Waals surface area contributed by atoms with Crippen LogP contribution in [0.4, 0.5) is 0 Å². The minimum Gasteiger partial charge on any atom is -0.396 e. The van der Waals surface area contributed by atoms with Crippen LogP contribution in [0.2, 0.25) is 0 Å². The second kappa shape index (κ2) is 9.71. The van der Waals surface area contributed by atoms with Gasteiger partial charge in [-0.05, 0) is 49.5 Å². The smallest absolute Gasteiger partial charge is 0.220 e. The summed E-state index contributed by atoms with van der Waals surface area (Å²) >= 11 is 0. The molecule has 1 fully saturated rings. The molecule has 0 atom stereocenters. The van der Waals surface area contributed by atoms with E-state index >= 15 is 0 Å². The van der Waals surface area contributed by atoms with Crippen molar-refractivity contribution < 1.29 is 14.7 Å². The molecule has 0 aliphatic heterocycles. The number of nitrogens with one attached hydrogen (secondary N) is 1. The van der Waals surface area contributed by atoms with Crippen LogP contribution in [-0.4, -0.2) is 29.4 Å². The summed E-state index contributed by atoms with van der Waals surface area (Å²) in [7, 11) is 0. The van der Waals surface area contributed by atoms with Crippen LogP contribution in [0.25, 0.3) is 0 Å². The number of benzene rings is 1. The van der Waals surface area contributed by atoms with E-state index in [1.54, 1.807) is 0 Å². The highest BCUT2D eigenvalue weighted by atomic mass is 16.3. The van der Waals surface area contributed by atoms with E-state index < -0.39 is 0 Å². The lowest BCUT2D eigenvalue weighted by molar-refractivity contribution is -0.122. The number of ketones is 1. The van der Waals surface area contributed by atoms with E-state index in [0.717, 1.165) is 32.1 Å². The Balaban J connectivity index is 1.73. The average molecular weight is 345 g/mol. The van der Waals surface area contributed by atoms with Crippen molar-refractivity contribution >= 4 is 11.7 Å². The number of rotatable bonds is 8. The summed E-state index contributed by atoms with van der Waals surface area (Å²) in [5.74, 6) is 0.957. The van der Waals surface area contributed by atoms with Gasteiger partial charge < -0.3 is 10.4 Å². The third-order valence-corrected chi connectivity index (χ3v) is 4.97.